The molecule has 0 saturated carbocycles. The molecule has 0 fully saturated rings. The zero-order valence-corrected chi connectivity index (χ0v) is 18.5. The molecule has 2 aliphatic rings. The molecule has 0 aromatic heterocycles. The number of anilines is 2. The van der Waals surface area contributed by atoms with Crippen molar-refractivity contribution in [3.8, 4) is 17.1 Å². The molecular weight excluding hydrogens is 451 g/mol. The standard InChI is InChI=1S/C24H16Cl2N4.ClH/c25-15-5-9-17(10-6-15)28-21-14-22-24(13-19(21)27)30(18-11-7-16(26)8-12-18)23-4-2-1-3-20(23)29-22;/h1-14,27-28H;1H. The van der Waals surface area contributed by atoms with Crippen molar-refractivity contribution < 1.29 is 0 Å². The average molecular weight is 468 g/mol. The van der Waals surface area contributed by atoms with Gasteiger partial charge in [-0.25, -0.2) is 4.98 Å². The molecule has 1 heterocycles. The third-order valence-corrected chi connectivity index (χ3v) is 5.43. The first-order valence-corrected chi connectivity index (χ1v) is 10.1. The topological polar surface area (TPSA) is 53.7 Å². The van der Waals surface area contributed by atoms with Gasteiger partial charge in [0.05, 0.1) is 33.5 Å². The molecule has 1 aliphatic heterocycles. The predicted molar refractivity (Wildman–Crippen MR) is 131 cm³/mol. The highest BCUT2D eigenvalue weighted by Gasteiger charge is 2.16. The number of nitrogens with zero attached hydrogens (tertiary/aromatic N) is 2. The molecule has 4 nitrogen and oxygen atoms in total. The second kappa shape index (κ2) is 8.60. The van der Waals surface area contributed by atoms with Crippen LogP contribution in [0, 0.1) is 5.41 Å². The van der Waals surface area contributed by atoms with Gasteiger partial charge in [0.25, 0.3) is 0 Å². The maximum absolute atomic E-state index is 8.59. The van der Waals surface area contributed by atoms with Crippen molar-refractivity contribution in [3.05, 3.63) is 100 Å². The molecule has 0 unspecified atom stereocenters. The number of hydrogen-bond donors (Lipinski definition) is 2. The van der Waals surface area contributed by atoms with Gasteiger partial charge < -0.3 is 9.88 Å². The minimum absolute atomic E-state index is 0. The lowest BCUT2D eigenvalue weighted by Crippen LogP contribution is -2.13. The second-order valence-electron chi connectivity index (χ2n) is 6.93. The van der Waals surface area contributed by atoms with Gasteiger partial charge in [0.15, 0.2) is 0 Å². The smallest absolute Gasteiger partial charge is 0.0900 e. The van der Waals surface area contributed by atoms with Crippen molar-refractivity contribution in [1.29, 1.82) is 5.41 Å². The normalized spacial score (nSPS) is 10.8. The first-order chi connectivity index (χ1) is 14.6. The van der Waals surface area contributed by atoms with E-state index in [1.165, 1.54) is 0 Å². The largest absolute Gasteiger partial charge is 0.354 e. The molecule has 7 heteroatoms. The van der Waals surface area contributed by atoms with Gasteiger partial charge in [-0.05, 0) is 72.8 Å². The van der Waals surface area contributed by atoms with Crippen LogP contribution in [0.3, 0.4) is 0 Å². The molecule has 0 saturated heterocycles. The molecule has 0 atom stereocenters. The summed E-state index contributed by atoms with van der Waals surface area (Å²) >= 11 is 12.1. The molecule has 3 aromatic rings. The van der Waals surface area contributed by atoms with Crippen LogP contribution in [0.4, 0.5) is 11.4 Å². The molecule has 0 amide bonds. The summed E-state index contributed by atoms with van der Waals surface area (Å²) in [5.74, 6) is 0. The molecule has 1 aliphatic carbocycles. The van der Waals surface area contributed by atoms with Crippen LogP contribution in [0.2, 0.25) is 10.0 Å². The molecule has 0 bridgehead atoms. The van der Waals surface area contributed by atoms with Crippen LogP contribution < -0.4 is 10.7 Å². The predicted octanol–water partition coefficient (Wildman–Crippen LogP) is 7.08. The Kier molecular flexibility index (Phi) is 5.88. The van der Waals surface area contributed by atoms with E-state index >= 15 is 0 Å². The lowest BCUT2D eigenvalue weighted by Gasteiger charge is -2.20. The summed E-state index contributed by atoms with van der Waals surface area (Å²) in [5.41, 5.74) is 5.97. The van der Waals surface area contributed by atoms with E-state index in [2.05, 4.69) is 9.88 Å². The van der Waals surface area contributed by atoms with Gasteiger partial charge in [0.1, 0.15) is 0 Å². The Hall–Kier alpha value is -3.05. The van der Waals surface area contributed by atoms with Crippen LogP contribution in [0.15, 0.2) is 84.9 Å². The Bertz CT molecular complexity index is 1390. The first kappa shape index (κ1) is 21.2. The molecule has 3 aromatic carbocycles. The molecule has 0 radical (unpaired) electrons. The minimum atomic E-state index is 0. The summed E-state index contributed by atoms with van der Waals surface area (Å²) in [6.07, 6.45) is 0. The fraction of sp³-hybridized carbons (Fsp3) is 0. The average Bonchev–Trinajstić information content (AvgIpc) is 2.75. The van der Waals surface area contributed by atoms with Gasteiger partial charge in [0, 0.05) is 21.4 Å². The fourth-order valence-corrected chi connectivity index (χ4v) is 3.77. The molecule has 5 rings (SSSR count). The highest BCUT2D eigenvalue weighted by Crippen LogP contribution is 2.30. The van der Waals surface area contributed by atoms with Crippen LogP contribution >= 0.6 is 35.6 Å². The number of aromatic nitrogens is 2. The number of fused-ring (bicyclic) bond motifs is 2. The number of halogens is 3. The number of rotatable bonds is 3. The Labute approximate surface area is 195 Å². The van der Waals surface area contributed by atoms with E-state index in [0.717, 1.165) is 33.8 Å². The summed E-state index contributed by atoms with van der Waals surface area (Å²) in [5, 5.41) is 13.6. The van der Waals surface area contributed by atoms with E-state index in [0.29, 0.717) is 21.1 Å². The number of para-hydroxylation sites is 2. The van der Waals surface area contributed by atoms with E-state index in [9.17, 15) is 0 Å². The second-order valence-corrected chi connectivity index (χ2v) is 7.80. The third-order valence-electron chi connectivity index (χ3n) is 4.93. The quantitative estimate of drug-likeness (QED) is 0.278. The van der Waals surface area contributed by atoms with Crippen molar-refractivity contribution in [2.45, 2.75) is 0 Å². The summed E-state index contributed by atoms with van der Waals surface area (Å²) < 4.78 is 2.11. The molecule has 2 N–H and O–H groups in total. The van der Waals surface area contributed by atoms with E-state index in [1.54, 1.807) is 0 Å². The van der Waals surface area contributed by atoms with Gasteiger partial charge >= 0.3 is 0 Å². The van der Waals surface area contributed by atoms with E-state index < -0.39 is 0 Å². The molecule has 0 spiro atoms. The third kappa shape index (κ3) is 4.10. The maximum atomic E-state index is 8.59. The Balaban J connectivity index is 0.00000231. The van der Waals surface area contributed by atoms with E-state index in [4.69, 9.17) is 33.6 Å². The zero-order chi connectivity index (χ0) is 20.7. The summed E-state index contributed by atoms with van der Waals surface area (Å²) in [4.78, 5) is 4.85. The zero-order valence-electron chi connectivity index (χ0n) is 16.1. The number of benzene rings is 4. The van der Waals surface area contributed by atoms with E-state index in [-0.39, 0.29) is 12.4 Å². The SMILES string of the molecule is Cl.N=c1cc2n(-c3ccc(Cl)cc3)c3ccccc3nc-2cc1Nc1ccc(Cl)cc1. The molecule has 31 heavy (non-hydrogen) atoms. The van der Waals surface area contributed by atoms with Crippen LogP contribution in [0.5, 0.6) is 0 Å². The summed E-state index contributed by atoms with van der Waals surface area (Å²) in [6, 6.07) is 26.8. The lowest BCUT2D eigenvalue weighted by molar-refractivity contribution is 1.07. The van der Waals surface area contributed by atoms with Crippen LogP contribution in [-0.4, -0.2) is 9.55 Å². The van der Waals surface area contributed by atoms with Gasteiger partial charge in [-0.2, -0.15) is 0 Å². The maximum Gasteiger partial charge on any atom is 0.0900 e. The molecule has 154 valence electrons. The van der Waals surface area contributed by atoms with Crippen molar-refractivity contribution in [3.63, 3.8) is 0 Å². The van der Waals surface area contributed by atoms with Gasteiger partial charge in [-0.3, -0.25) is 5.41 Å². The number of hydrogen-bond acceptors (Lipinski definition) is 3. The highest BCUT2D eigenvalue weighted by molar-refractivity contribution is 6.30. The summed E-state index contributed by atoms with van der Waals surface area (Å²) in [6.45, 7) is 0. The van der Waals surface area contributed by atoms with Crippen molar-refractivity contribution >= 4 is 58.0 Å². The van der Waals surface area contributed by atoms with Crippen LogP contribution in [-0.2, 0) is 0 Å². The van der Waals surface area contributed by atoms with Crippen molar-refractivity contribution in [2.24, 2.45) is 0 Å². The Morgan fingerprint density at radius 3 is 2.16 bits per heavy atom. The number of nitrogens with one attached hydrogen (secondary N) is 2. The van der Waals surface area contributed by atoms with E-state index in [1.807, 2.05) is 84.9 Å². The van der Waals surface area contributed by atoms with Crippen molar-refractivity contribution in [1.82, 2.24) is 9.55 Å². The fourth-order valence-electron chi connectivity index (χ4n) is 3.51. The minimum Gasteiger partial charge on any atom is -0.354 e. The first-order valence-electron chi connectivity index (χ1n) is 9.37. The van der Waals surface area contributed by atoms with Crippen LogP contribution in [0.1, 0.15) is 0 Å². The highest BCUT2D eigenvalue weighted by atomic mass is 35.5. The monoisotopic (exact) mass is 466 g/mol. The van der Waals surface area contributed by atoms with Gasteiger partial charge in [-0.1, -0.05) is 35.3 Å². The lowest BCUT2D eigenvalue weighted by atomic mass is 10.1. The Morgan fingerprint density at radius 1 is 0.806 bits per heavy atom. The Morgan fingerprint density at radius 2 is 1.45 bits per heavy atom. The van der Waals surface area contributed by atoms with Crippen LogP contribution in [0.25, 0.3) is 28.1 Å². The summed E-state index contributed by atoms with van der Waals surface area (Å²) in [7, 11) is 0. The van der Waals surface area contributed by atoms with Gasteiger partial charge in [-0.15, -0.1) is 12.4 Å². The van der Waals surface area contributed by atoms with Crippen molar-refractivity contribution in [2.75, 3.05) is 5.32 Å². The van der Waals surface area contributed by atoms with Gasteiger partial charge in [0.2, 0.25) is 0 Å². The molecular formula is C24H17Cl3N4.